The van der Waals surface area contributed by atoms with Gasteiger partial charge in [0.2, 0.25) is 0 Å². The molecule has 0 unspecified atom stereocenters. The summed E-state index contributed by atoms with van der Waals surface area (Å²) in [5.41, 5.74) is 6.07. The van der Waals surface area contributed by atoms with E-state index in [-0.39, 0.29) is 12.3 Å². The highest BCUT2D eigenvalue weighted by atomic mass is 16.5. The molecule has 40 heavy (non-hydrogen) atoms. The second-order valence-electron chi connectivity index (χ2n) is 8.98. The first-order valence-corrected chi connectivity index (χ1v) is 12.9. The van der Waals surface area contributed by atoms with Crippen LogP contribution in [0.5, 0.6) is 5.75 Å². The van der Waals surface area contributed by atoms with Crippen molar-refractivity contribution in [2.24, 2.45) is 0 Å². The predicted octanol–water partition coefficient (Wildman–Crippen LogP) is 6.28. The number of fused-ring (bicyclic) bond motifs is 1. The quantitative estimate of drug-likeness (QED) is 0.215. The Kier molecular flexibility index (Phi) is 6.96. The van der Waals surface area contributed by atoms with Crippen molar-refractivity contribution in [2.75, 3.05) is 6.61 Å². The van der Waals surface area contributed by atoms with Crippen LogP contribution in [0.1, 0.15) is 23.0 Å². The lowest BCUT2D eigenvalue weighted by molar-refractivity contribution is 0.0518. The normalized spacial score (nSPS) is 10.9. The minimum Gasteiger partial charge on any atom is -0.489 e. The van der Waals surface area contributed by atoms with Crippen molar-refractivity contribution in [3.05, 3.63) is 121 Å². The molecule has 0 aliphatic carbocycles. The van der Waals surface area contributed by atoms with Gasteiger partial charge in [-0.3, -0.25) is 4.98 Å². The number of esters is 1. The van der Waals surface area contributed by atoms with Crippen molar-refractivity contribution in [3.8, 4) is 39.4 Å². The van der Waals surface area contributed by atoms with Gasteiger partial charge in [-0.15, -0.1) is 10.2 Å². The third-order valence-corrected chi connectivity index (χ3v) is 6.38. The van der Waals surface area contributed by atoms with Gasteiger partial charge in [0.1, 0.15) is 23.7 Å². The SMILES string of the molecule is CCOC(=O)c1nnc2c(-c3cccc(OCc4ccccc4)c3)c(-c3ccncc3)nn2c1-c1ccccc1. The van der Waals surface area contributed by atoms with E-state index in [2.05, 4.69) is 15.2 Å². The highest BCUT2D eigenvalue weighted by Gasteiger charge is 2.26. The molecule has 8 heteroatoms. The molecule has 0 radical (unpaired) electrons. The van der Waals surface area contributed by atoms with E-state index in [4.69, 9.17) is 14.6 Å². The maximum absolute atomic E-state index is 13.0. The molecule has 3 heterocycles. The summed E-state index contributed by atoms with van der Waals surface area (Å²) in [7, 11) is 0. The van der Waals surface area contributed by atoms with Crippen molar-refractivity contribution in [1.29, 1.82) is 0 Å². The molecule has 0 aliphatic heterocycles. The van der Waals surface area contributed by atoms with Gasteiger partial charge in [0.15, 0.2) is 11.3 Å². The van der Waals surface area contributed by atoms with Gasteiger partial charge in [0, 0.05) is 23.5 Å². The lowest BCUT2D eigenvalue weighted by atomic mass is 10.0. The first-order valence-electron chi connectivity index (χ1n) is 12.9. The first-order chi connectivity index (χ1) is 19.7. The predicted molar refractivity (Wildman–Crippen MR) is 152 cm³/mol. The van der Waals surface area contributed by atoms with Crippen LogP contribution in [-0.4, -0.2) is 37.4 Å². The van der Waals surface area contributed by atoms with E-state index >= 15 is 0 Å². The van der Waals surface area contributed by atoms with E-state index in [0.29, 0.717) is 29.4 Å². The van der Waals surface area contributed by atoms with E-state index < -0.39 is 5.97 Å². The third kappa shape index (κ3) is 4.90. The number of pyridine rings is 1. The van der Waals surface area contributed by atoms with Gasteiger partial charge in [0.05, 0.1) is 12.2 Å². The minimum atomic E-state index is -0.561. The number of carbonyl (C=O) groups excluding carboxylic acids is 1. The second kappa shape index (κ2) is 11.2. The van der Waals surface area contributed by atoms with Crippen molar-refractivity contribution in [1.82, 2.24) is 24.8 Å². The number of benzene rings is 3. The van der Waals surface area contributed by atoms with Crippen molar-refractivity contribution in [2.45, 2.75) is 13.5 Å². The van der Waals surface area contributed by atoms with Crippen LogP contribution in [0.15, 0.2) is 109 Å². The number of aromatic nitrogens is 5. The number of nitrogens with zero attached hydrogens (tertiary/aromatic N) is 5. The Bertz CT molecular complexity index is 1770. The molecule has 196 valence electrons. The van der Waals surface area contributed by atoms with Gasteiger partial charge >= 0.3 is 5.97 Å². The standard InChI is InChI=1S/C32H25N5O3/c1-2-39-32(38)29-30(24-12-7-4-8-13-24)37-31(35-34-29)27(28(36-37)23-16-18-33-19-17-23)25-14-9-15-26(20-25)40-21-22-10-5-3-6-11-22/h3-20H,2,21H2,1H3. The Morgan fingerprint density at radius 2 is 1.52 bits per heavy atom. The van der Waals surface area contributed by atoms with Gasteiger partial charge in [0.25, 0.3) is 0 Å². The van der Waals surface area contributed by atoms with Crippen LogP contribution in [-0.2, 0) is 11.3 Å². The Morgan fingerprint density at radius 1 is 0.800 bits per heavy atom. The number of hydrogen-bond acceptors (Lipinski definition) is 7. The van der Waals surface area contributed by atoms with E-state index in [0.717, 1.165) is 27.8 Å². The zero-order valence-electron chi connectivity index (χ0n) is 21.8. The third-order valence-electron chi connectivity index (χ3n) is 6.38. The first kappa shape index (κ1) is 24.9. The van der Waals surface area contributed by atoms with Gasteiger partial charge in [-0.2, -0.15) is 5.10 Å². The molecular formula is C32H25N5O3. The van der Waals surface area contributed by atoms with E-state index in [1.54, 1.807) is 23.8 Å². The molecule has 0 saturated carbocycles. The largest absolute Gasteiger partial charge is 0.489 e. The van der Waals surface area contributed by atoms with E-state index in [1.165, 1.54) is 0 Å². The molecule has 0 N–H and O–H groups in total. The van der Waals surface area contributed by atoms with Crippen LogP contribution >= 0.6 is 0 Å². The molecule has 3 aromatic heterocycles. The van der Waals surface area contributed by atoms with Gasteiger partial charge in [-0.1, -0.05) is 72.8 Å². The number of hydrogen-bond donors (Lipinski definition) is 0. The Hall–Kier alpha value is -5.37. The molecule has 0 atom stereocenters. The fourth-order valence-corrected chi connectivity index (χ4v) is 4.55. The lowest BCUT2D eigenvalue weighted by Crippen LogP contribution is -2.14. The molecule has 0 amide bonds. The highest BCUT2D eigenvalue weighted by Crippen LogP contribution is 2.37. The summed E-state index contributed by atoms with van der Waals surface area (Å²) in [4.78, 5) is 17.1. The monoisotopic (exact) mass is 527 g/mol. The minimum absolute atomic E-state index is 0.0934. The van der Waals surface area contributed by atoms with Crippen molar-refractivity contribution in [3.63, 3.8) is 0 Å². The maximum atomic E-state index is 13.0. The molecule has 3 aromatic carbocycles. The zero-order chi connectivity index (χ0) is 27.3. The number of ether oxygens (including phenoxy) is 2. The zero-order valence-corrected chi connectivity index (χ0v) is 21.8. The molecule has 6 rings (SSSR count). The number of carbonyl (C=O) groups is 1. The summed E-state index contributed by atoms with van der Waals surface area (Å²) in [5, 5.41) is 13.9. The molecule has 8 nitrogen and oxygen atoms in total. The summed E-state index contributed by atoms with van der Waals surface area (Å²) >= 11 is 0. The molecule has 0 fully saturated rings. The summed E-state index contributed by atoms with van der Waals surface area (Å²) < 4.78 is 13.1. The lowest BCUT2D eigenvalue weighted by Gasteiger charge is -2.10. The van der Waals surface area contributed by atoms with Gasteiger partial charge < -0.3 is 9.47 Å². The maximum Gasteiger partial charge on any atom is 0.361 e. The van der Waals surface area contributed by atoms with Crippen LogP contribution in [0, 0.1) is 0 Å². The van der Waals surface area contributed by atoms with Gasteiger partial charge in [-0.05, 0) is 42.3 Å². The molecule has 0 spiro atoms. The van der Waals surface area contributed by atoms with E-state index in [1.807, 2.05) is 97.1 Å². The van der Waals surface area contributed by atoms with E-state index in [9.17, 15) is 4.79 Å². The van der Waals surface area contributed by atoms with Crippen LogP contribution in [0.4, 0.5) is 0 Å². The molecule has 6 aromatic rings. The average molecular weight is 528 g/mol. The summed E-state index contributed by atoms with van der Waals surface area (Å²) in [6.07, 6.45) is 3.44. The molecule has 0 aliphatic rings. The van der Waals surface area contributed by atoms with Crippen LogP contribution in [0.2, 0.25) is 0 Å². The smallest absolute Gasteiger partial charge is 0.361 e. The molecular weight excluding hydrogens is 502 g/mol. The highest BCUT2D eigenvalue weighted by molar-refractivity contribution is 5.97. The molecule has 0 saturated heterocycles. The fraction of sp³-hybridized carbons (Fsp3) is 0.0938. The summed E-state index contributed by atoms with van der Waals surface area (Å²) in [6, 6.07) is 31.1. The van der Waals surface area contributed by atoms with Crippen LogP contribution in [0.25, 0.3) is 39.3 Å². The number of rotatable bonds is 8. The Labute approximate surface area is 230 Å². The van der Waals surface area contributed by atoms with Crippen molar-refractivity contribution >= 4 is 11.6 Å². The summed E-state index contributed by atoms with van der Waals surface area (Å²) in [6.45, 7) is 2.42. The Balaban J connectivity index is 1.55. The topological polar surface area (TPSA) is 91.5 Å². The second-order valence-corrected chi connectivity index (χ2v) is 8.98. The average Bonchev–Trinajstić information content (AvgIpc) is 3.41. The molecule has 0 bridgehead atoms. The van der Waals surface area contributed by atoms with Crippen LogP contribution in [0.3, 0.4) is 0 Å². The Morgan fingerprint density at radius 3 is 2.27 bits per heavy atom. The summed E-state index contributed by atoms with van der Waals surface area (Å²) in [5.74, 6) is 0.148. The van der Waals surface area contributed by atoms with Crippen LogP contribution < -0.4 is 4.74 Å². The van der Waals surface area contributed by atoms with Crippen molar-refractivity contribution < 1.29 is 14.3 Å². The fourth-order valence-electron chi connectivity index (χ4n) is 4.55. The van der Waals surface area contributed by atoms with Gasteiger partial charge in [-0.25, -0.2) is 9.31 Å².